The molecule has 1 aliphatic heterocycles. The Morgan fingerprint density at radius 1 is 1.20 bits per heavy atom. The number of benzene rings is 2. The number of hydrogen-bond acceptors (Lipinski definition) is 6. The molecule has 0 bridgehead atoms. The highest BCUT2D eigenvalue weighted by molar-refractivity contribution is 7.16. The van der Waals surface area contributed by atoms with Gasteiger partial charge in [-0.05, 0) is 34.9 Å². The van der Waals surface area contributed by atoms with Gasteiger partial charge < -0.3 is 10.1 Å². The molecule has 0 fully saturated rings. The molecule has 2 amide bonds. The Kier molecular flexibility index (Phi) is 4.93. The molecular weight excluding hydrogens is 402 g/mol. The maximum atomic E-state index is 12.9. The summed E-state index contributed by atoms with van der Waals surface area (Å²) in [6, 6.07) is 11.4. The third kappa shape index (κ3) is 3.27. The molecule has 1 N–H and O–H groups in total. The molecule has 0 saturated carbocycles. The van der Waals surface area contributed by atoms with E-state index in [1.165, 1.54) is 12.0 Å². The van der Waals surface area contributed by atoms with Gasteiger partial charge >= 0.3 is 5.97 Å². The van der Waals surface area contributed by atoms with Gasteiger partial charge in [-0.1, -0.05) is 31.4 Å². The molecule has 2 aromatic carbocycles. The van der Waals surface area contributed by atoms with E-state index in [1.54, 1.807) is 22.9 Å². The normalized spacial score (nSPS) is 12.6. The molecule has 4 rings (SSSR count). The number of ether oxygens (including phenoxy) is 1. The molecule has 0 atom stereocenters. The number of nitrogens with zero attached hydrogens (tertiary/aromatic N) is 2. The highest BCUT2D eigenvalue weighted by atomic mass is 32.1. The van der Waals surface area contributed by atoms with Crippen LogP contribution in [0.1, 0.15) is 15.9 Å². The predicted octanol–water partition coefficient (Wildman–Crippen LogP) is 3.24. The van der Waals surface area contributed by atoms with Crippen LogP contribution in [-0.4, -0.2) is 34.8 Å². The number of rotatable bonds is 5. The lowest BCUT2D eigenvalue weighted by Crippen LogP contribution is -2.36. The number of carbonyl (C=O) groups excluding carboxylic acids is 3. The minimum absolute atomic E-state index is 0.0786. The van der Waals surface area contributed by atoms with E-state index in [0.29, 0.717) is 5.56 Å². The summed E-state index contributed by atoms with van der Waals surface area (Å²) in [7, 11) is 1.18. The van der Waals surface area contributed by atoms with Crippen LogP contribution in [0.5, 0.6) is 0 Å². The van der Waals surface area contributed by atoms with Gasteiger partial charge in [-0.25, -0.2) is 9.78 Å². The van der Waals surface area contributed by atoms with E-state index >= 15 is 0 Å². The topological polar surface area (TPSA) is 88.6 Å². The van der Waals surface area contributed by atoms with Crippen LogP contribution in [0.3, 0.4) is 0 Å². The summed E-state index contributed by atoms with van der Waals surface area (Å²) in [5.41, 5.74) is 5.60. The van der Waals surface area contributed by atoms with Crippen molar-refractivity contribution < 1.29 is 19.1 Å². The third-order valence-electron chi connectivity index (χ3n) is 4.89. The molecule has 30 heavy (non-hydrogen) atoms. The van der Waals surface area contributed by atoms with Gasteiger partial charge in [0.1, 0.15) is 11.4 Å². The van der Waals surface area contributed by atoms with Crippen molar-refractivity contribution >= 4 is 39.3 Å². The highest BCUT2D eigenvalue weighted by Crippen LogP contribution is 2.35. The minimum Gasteiger partial charge on any atom is -0.464 e. The molecule has 8 heteroatoms. The van der Waals surface area contributed by atoms with Crippen LogP contribution in [-0.2, 0) is 20.9 Å². The smallest absolute Gasteiger partial charge is 0.353 e. The molecule has 1 aromatic heterocycles. The molecule has 0 saturated heterocycles. The zero-order chi connectivity index (χ0) is 21.4. The molecule has 150 valence electrons. The lowest BCUT2D eigenvalue weighted by Gasteiger charge is -2.18. The van der Waals surface area contributed by atoms with Gasteiger partial charge in [-0.2, -0.15) is 0 Å². The first-order valence-corrected chi connectivity index (χ1v) is 9.83. The van der Waals surface area contributed by atoms with Crippen LogP contribution in [0.15, 0.2) is 66.5 Å². The second-order valence-electron chi connectivity index (χ2n) is 6.63. The van der Waals surface area contributed by atoms with E-state index in [-0.39, 0.29) is 23.8 Å². The van der Waals surface area contributed by atoms with Crippen molar-refractivity contribution in [2.45, 2.75) is 6.54 Å². The fraction of sp³-hybridized carbons (Fsp3) is 0.0909. The van der Waals surface area contributed by atoms with Gasteiger partial charge in [-0.3, -0.25) is 14.5 Å². The average molecular weight is 419 g/mol. The lowest BCUT2D eigenvalue weighted by molar-refractivity contribution is -0.137. The maximum Gasteiger partial charge on any atom is 0.353 e. The number of amides is 2. The van der Waals surface area contributed by atoms with E-state index in [2.05, 4.69) is 28.2 Å². The largest absolute Gasteiger partial charge is 0.464 e. The molecule has 0 radical (unpaired) electrons. The molecule has 3 aromatic rings. The van der Waals surface area contributed by atoms with Gasteiger partial charge in [0.05, 0.1) is 29.4 Å². The average Bonchev–Trinajstić information content (AvgIpc) is 3.36. The Bertz CT molecular complexity index is 1240. The Hall–Kier alpha value is -3.78. The number of aromatic nitrogens is 1. The number of carbonyl (C=O) groups is 3. The zero-order valence-corrected chi connectivity index (χ0v) is 16.9. The van der Waals surface area contributed by atoms with Crippen LogP contribution in [0, 0.1) is 0 Å². The molecule has 0 aliphatic carbocycles. The summed E-state index contributed by atoms with van der Waals surface area (Å²) in [5, 5.41) is 2.31. The number of fused-ring (bicyclic) bond motifs is 2. The number of hydrogen-bond donors (Lipinski definition) is 1. The Morgan fingerprint density at radius 3 is 2.73 bits per heavy atom. The standard InChI is InChI=1S/C22H17N3O4S/c1-12(22(28)29-3)24-20(26)13(2)25-10-17-15(5-4-6-16(17)21(25)27)14-7-8-18-19(9-14)30-11-23-18/h4-9,11H,1-2,10H2,3H3,(H,24,26). The Labute approximate surface area is 176 Å². The van der Waals surface area contributed by atoms with Crippen LogP contribution >= 0.6 is 11.3 Å². The van der Waals surface area contributed by atoms with Gasteiger partial charge in [0.15, 0.2) is 0 Å². The summed E-state index contributed by atoms with van der Waals surface area (Å²) < 4.78 is 5.56. The van der Waals surface area contributed by atoms with Crippen LogP contribution in [0.2, 0.25) is 0 Å². The molecule has 0 unspecified atom stereocenters. The fourth-order valence-corrected chi connectivity index (χ4v) is 4.07. The van der Waals surface area contributed by atoms with Gasteiger partial charge in [-0.15, -0.1) is 11.3 Å². The summed E-state index contributed by atoms with van der Waals surface area (Å²) in [5.74, 6) is -1.79. The van der Waals surface area contributed by atoms with Gasteiger partial charge in [0, 0.05) is 5.56 Å². The van der Waals surface area contributed by atoms with E-state index in [0.717, 1.165) is 26.9 Å². The van der Waals surface area contributed by atoms with Crippen molar-refractivity contribution in [3.63, 3.8) is 0 Å². The number of thiazole rings is 1. The van der Waals surface area contributed by atoms with Gasteiger partial charge in [0.25, 0.3) is 11.8 Å². The molecule has 7 nitrogen and oxygen atoms in total. The first kappa shape index (κ1) is 19.5. The van der Waals surface area contributed by atoms with Crippen molar-refractivity contribution in [1.29, 1.82) is 0 Å². The predicted molar refractivity (Wildman–Crippen MR) is 113 cm³/mol. The summed E-state index contributed by atoms with van der Waals surface area (Å²) in [4.78, 5) is 42.4. The molecule has 0 spiro atoms. The Morgan fingerprint density at radius 2 is 1.97 bits per heavy atom. The van der Waals surface area contributed by atoms with Crippen LogP contribution in [0.25, 0.3) is 21.3 Å². The summed E-state index contributed by atoms with van der Waals surface area (Å²) in [6.07, 6.45) is 0. The van der Waals surface area contributed by atoms with Crippen molar-refractivity contribution in [1.82, 2.24) is 15.2 Å². The SMILES string of the molecule is C=C(NC(=O)C(=C)N1Cc2c(cccc2-c2ccc3ncsc3c2)C1=O)C(=O)OC. The van der Waals surface area contributed by atoms with Gasteiger partial charge in [0.2, 0.25) is 0 Å². The quantitative estimate of drug-likeness (QED) is 0.507. The van der Waals surface area contributed by atoms with E-state index in [9.17, 15) is 14.4 Å². The minimum atomic E-state index is -0.770. The molecule has 2 heterocycles. The first-order valence-electron chi connectivity index (χ1n) is 8.95. The summed E-state index contributed by atoms with van der Waals surface area (Å²) in [6.45, 7) is 7.39. The molecule has 1 aliphatic rings. The molecular formula is C22H17N3O4S. The van der Waals surface area contributed by atoms with Crippen molar-refractivity contribution in [3.05, 3.63) is 77.6 Å². The second kappa shape index (κ2) is 7.57. The van der Waals surface area contributed by atoms with E-state index in [1.807, 2.05) is 30.3 Å². The zero-order valence-electron chi connectivity index (χ0n) is 16.1. The van der Waals surface area contributed by atoms with E-state index < -0.39 is 11.9 Å². The lowest BCUT2D eigenvalue weighted by atomic mass is 9.97. The number of nitrogens with one attached hydrogen (secondary N) is 1. The number of methoxy groups -OCH3 is 1. The van der Waals surface area contributed by atoms with Crippen molar-refractivity contribution in [2.24, 2.45) is 0 Å². The first-order chi connectivity index (χ1) is 14.4. The number of esters is 1. The third-order valence-corrected chi connectivity index (χ3v) is 5.69. The van der Waals surface area contributed by atoms with Crippen LogP contribution in [0.4, 0.5) is 0 Å². The van der Waals surface area contributed by atoms with Crippen molar-refractivity contribution in [3.8, 4) is 11.1 Å². The van der Waals surface area contributed by atoms with Crippen molar-refractivity contribution in [2.75, 3.05) is 7.11 Å². The van der Waals surface area contributed by atoms with E-state index in [4.69, 9.17) is 0 Å². The van der Waals surface area contributed by atoms with Crippen LogP contribution < -0.4 is 5.32 Å². The monoisotopic (exact) mass is 419 g/mol. The Balaban J connectivity index is 1.62. The maximum absolute atomic E-state index is 12.9. The summed E-state index contributed by atoms with van der Waals surface area (Å²) >= 11 is 1.55. The second-order valence-corrected chi connectivity index (χ2v) is 7.52. The highest BCUT2D eigenvalue weighted by Gasteiger charge is 2.33. The fourth-order valence-electron chi connectivity index (χ4n) is 3.35.